The second-order valence-corrected chi connectivity index (χ2v) is 8.34. The molecule has 1 N–H and O–H groups in total. The molecule has 4 rings (SSSR count). The number of rotatable bonds is 4. The first-order valence-electron chi connectivity index (χ1n) is 9.28. The van der Waals surface area contributed by atoms with Crippen LogP contribution in [-0.4, -0.2) is 51.0 Å². The van der Waals surface area contributed by atoms with Gasteiger partial charge in [-0.1, -0.05) is 0 Å². The molecule has 7 nitrogen and oxygen atoms in total. The zero-order valence-corrected chi connectivity index (χ0v) is 17.4. The first kappa shape index (κ1) is 18.3. The van der Waals surface area contributed by atoms with E-state index in [1.807, 2.05) is 18.7 Å². The SMILES string of the molecule is Cc1nn(C)c(C)c1Nc1nc(CN2CCOCC2)nc2sc(C)c(C)c12. The number of aromatic nitrogens is 4. The monoisotopic (exact) mass is 386 g/mol. The molecule has 0 spiro atoms. The van der Waals surface area contributed by atoms with E-state index in [-0.39, 0.29) is 0 Å². The van der Waals surface area contributed by atoms with Gasteiger partial charge in [0.2, 0.25) is 0 Å². The highest BCUT2D eigenvalue weighted by Gasteiger charge is 2.19. The van der Waals surface area contributed by atoms with Crippen LogP contribution in [0.1, 0.15) is 27.7 Å². The number of hydrogen-bond acceptors (Lipinski definition) is 7. The maximum Gasteiger partial charge on any atom is 0.146 e. The highest BCUT2D eigenvalue weighted by Crippen LogP contribution is 2.35. The van der Waals surface area contributed by atoms with E-state index in [9.17, 15) is 0 Å². The molecule has 1 aliphatic heterocycles. The van der Waals surface area contributed by atoms with Gasteiger partial charge in [-0.25, -0.2) is 9.97 Å². The predicted molar refractivity (Wildman–Crippen MR) is 109 cm³/mol. The van der Waals surface area contributed by atoms with E-state index >= 15 is 0 Å². The molecule has 1 aliphatic rings. The Morgan fingerprint density at radius 1 is 1.11 bits per heavy atom. The summed E-state index contributed by atoms with van der Waals surface area (Å²) in [6.07, 6.45) is 0. The Hall–Kier alpha value is -2.03. The molecule has 4 heterocycles. The molecule has 0 aliphatic carbocycles. The van der Waals surface area contributed by atoms with Crippen molar-refractivity contribution in [3.8, 4) is 0 Å². The zero-order chi connectivity index (χ0) is 19.1. The van der Waals surface area contributed by atoms with E-state index in [2.05, 4.69) is 36.1 Å². The number of anilines is 2. The molecule has 8 heteroatoms. The lowest BCUT2D eigenvalue weighted by Crippen LogP contribution is -2.36. The van der Waals surface area contributed by atoms with Crippen LogP contribution >= 0.6 is 11.3 Å². The molecule has 0 amide bonds. The minimum absolute atomic E-state index is 0.745. The first-order chi connectivity index (χ1) is 12.9. The molecule has 3 aromatic heterocycles. The van der Waals surface area contributed by atoms with Gasteiger partial charge in [-0.15, -0.1) is 11.3 Å². The Morgan fingerprint density at radius 2 is 1.85 bits per heavy atom. The summed E-state index contributed by atoms with van der Waals surface area (Å²) in [6, 6.07) is 0. The van der Waals surface area contributed by atoms with Crippen LogP contribution in [0.2, 0.25) is 0 Å². The smallest absolute Gasteiger partial charge is 0.146 e. The molecule has 144 valence electrons. The first-order valence-corrected chi connectivity index (χ1v) is 10.1. The van der Waals surface area contributed by atoms with E-state index in [0.717, 1.165) is 71.8 Å². The van der Waals surface area contributed by atoms with Crippen molar-refractivity contribution >= 4 is 33.1 Å². The zero-order valence-electron chi connectivity index (χ0n) is 16.6. The van der Waals surface area contributed by atoms with Gasteiger partial charge in [0.25, 0.3) is 0 Å². The topological polar surface area (TPSA) is 68.1 Å². The maximum absolute atomic E-state index is 5.46. The second-order valence-electron chi connectivity index (χ2n) is 7.13. The lowest BCUT2D eigenvalue weighted by atomic mass is 10.2. The van der Waals surface area contributed by atoms with Gasteiger partial charge in [0.15, 0.2) is 0 Å². The molecule has 0 bridgehead atoms. The fourth-order valence-corrected chi connectivity index (χ4v) is 4.54. The molecule has 0 radical (unpaired) electrons. The Kier molecular flexibility index (Phi) is 4.88. The molecule has 0 saturated carbocycles. The van der Waals surface area contributed by atoms with E-state index in [0.29, 0.717) is 0 Å². The van der Waals surface area contributed by atoms with E-state index < -0.39 is 0 Å². The molecule has 1 fully saturated rings. The van der Waals surface area contributed by atoms with Gasteiger partial charge in [-0.05, 0) is 33.3 Å². The lowest BCUT2D eigenvalue weighted by Gasteiger charge is -2.25. The molecular weight excluding hydrogens is 360 g/mol. The van der Waals surface area contributed by atoms with Crippen LogP contribution < -0.4 is 5.32 Å². The van der Waals surface area contributed by atoms with Crippen LogP contribution in [0.4, 0.5) is 11.5 Å². The Bertz CT molecular complexity index is 986. The molecular formula is C19H26N6OS. The van der Waals surface area contributed by atoms with Crippen molar-refractivity contribution in [2.45, 2.75) is 34.2 Å². The summed E-state index contributed by atoms with van der Waals surface area (Å²) < 4.78 is 7.36. The molecule has 0 aromatic carbocycles. The number of fused-ring (bicyclic) bond motifs is 1. The van der Waals surface area contributed by atoms with Crippen molar-refractivity contribution in [2.24, 2.45) is 7.05 Å². The van der Waals surface area contributed by atoms with Crippen molar-refractivity contribution < 1.29 is 4.74 Å². The van der Waals surface area contributed by atoms with Gasteiger partial charge in [0.1, 0.15) is 16.5 Å². The van der Waals surface area contributed by atoms with Crippen LogP contribution in [0, 0.1) is 27.7 Å². The highest BCUT2D eigenvalue weighted by molar-refractivity contribution is 7.18. The number of nitrogens with one attached hydrogen (secondary N) is 1. The third kappa shape index (κ3) is 3.44. The number of morpholine rings is 1. The van der Waals surface area contributed by atoms with E-state index in [1.165, 1.54) is 10.4 Å². The van der Waals surface area contributed by atoms with Gasteiger partial charge >= 0.3 is 0 Å². The van der Waals surface area contributed by atoms with Gasteiger partial charge in [-0.2, -0.15) is 5.10 Å². The van der Waals surface area contributed by atoms with Crippen LogP contribution in [0.5, 0.6) is 0 Å². The molecule has 3 aromatic rings. The Labute approximate surface area is 163 Å². The van der Waals surface area contributed by atoms with Crippen molar-refractivity contribution in [3.63, 3.8) is 0 Å². The Morgan fingerprint density at radius 3 is 2.52 bits per heavy atom. The standard InChI is InChI=1S/C19H26N6OS/c1-11-14(4)27-19-16(11)18(22-17-12(2)23-24(5)13(17)3)20-15(21-19)10-25-6-8-26-9-7-25/h6-10H2,1-5H3,(H,20,21,22). The fourth-order valence-electron chi connectivity index (χ4n) is 3.49. The van der Waals surface area contributed by atoms with Gasteiger partial charge in [0.05, 0.1) is 42.2 Å². The van der Waals surface area contributed by atoms with Gasteiger partial charge in [-0.3, -0.25) is 9.58 Å². The van der Waals surface area contributed by atoms with Gasteiger partial charge in [0, 0.05) is 25.0 Å². The summed E-state index contributed by atoms with van der Waals surface area (Å²) in [5.41, 5.74) is 4.34. The van der Waals surface area contributed by atoms with Crippen molar-refractivity contribution in [1.82, 2.24) is 24.6 Å². The largest absolute Gasteiger partial charge is 0.379 e. The average Bonchev–Trinajstić information content (AvgIpc) is 3.05. The summed E-state index contributed by atoms with van der Waals surface area (Å²) in [4.78, 5) is 14.5. The number of nitrogens with zero attached hydrogens (tertiary/aromatic N) is 5. The van der Waals surface area contributed by atoms with Crippen molar-refractivity contribution in [3.05, 3.63) is 27.7 Å². The summed E-state index contributed by atoms with van der Waals surface area (Å²) in [6.45, 7) is 12.5. The number of hydrogen-bond donors (Lipinski definition) is 1. The van der Waals surface area contributed by atoms with Gasteiger partial charge < -0.3 is 10.1 Å². The predicted octanol–water partition coefficient (Wildman–Crippen LogP) is 3.23. The summed E-state index contributed by atoms with van der Waals surface area (Å²) >= 11 is 1.74. The van der Waals surface area contributed by atoms with Crippen LogP contribution in [-0.2, 0) is 18.3 Å². The minimum atomic E-state index is 0.745. The summed E-state index contributed by atoms with van der Waals surface area (Å²) in [7, 11) is 1.97. The average molecular weight is 387 g/mol. The summed E-state index contributed by atoms with van der Waals surface area (Å²) in [5, 5.41) is 9.20. The molecule has 0 unspecified atom stereocenters. The quantitative estimate of drug-likeness (QED) is 0.742. The van der Waals surface area contributed by atoms with E-state index in [1.54, 1.807) is 11.3 Å². The lowest BCUT2D eigenvalue weighted by molar-refractivity contribution is 0.0331. The number of thiophene rings is 1. The van der Waals surface area contributed by atoms with Crippen LogP contribution in [0.15, 0.2) is 0 Å². The van der Waals surface area contributed by atoms with E-state index in [4.69, 9.17) is 14.7 Å². The second kappa shape index (κ2) is 7.18. The minimum Gasteiger partial charge on any atom is -0.379 e. The van der Waals surface area contributed by atoms with Crippen LogP contribution in [0.25, 0.3) is 10.2 Å². The highest BCUT2D eigenvalue weighted by atomic mass is 32.1. The molecule has 1 saturated heterocycles. The Balaban J connectivity index is 1.76. The molecule has 0 atom stereocenters. The molecule has 27 heavy (non-hydrogen) atoms. The third-order valence-electron chi connectivity index (χ3n) is 5.30. The number of aryl methyl sites for hydroxylation is 4. The maximum atomic E-state index is 5.46. The summed E-state index contributed by atoms with van der Waals surface area (Å²) in [5.74, 6) is 1.73. The van der Waals surface area contributed by atoms with Crippen molar-refractivity contribution in [1.29, 1.82) is 0 Å². The normalized spacial score (nSPS) is 15.6. The fraction of sp³-hybridized carbons (Fsp3) is 0.526. The third-order valence-corrected chi connectivity index (χ3v) is 6.40. The van der Waals surface area contributed by atoms with Crippen LogP contribution in [0.3, 0.4) is 0 Å². The number of ether oxygens (including phenoxy) is 1. The van der Waals surface area contributed by atoms with Crippen molar-refractivity contribution in [2.75, 3.05) is 31.6 Å².